The van der Waals surface area contributed by atoms with Gasteiger partial charge in [0.15, 0.2) is 12.6 Å². The predicted molar refractivity (Wildman–Crippen MR) is 383 cm³/mol. The number of aliphatic hydroxyl groups is 8. The first kappa shape index (κ1) is 86.0. The molecule has 538 valence electrons. The highest BCUT2D eigenvalue weighted by molar-refractivity contribution is 5.76. The molecule has 0 aromatic carbocycles. The molecule has 12 atom stereocenters. The van der Waals surface area contributed by atoms with Gasteiger partial charge in [-0.1, -0.05) is 310 Å². The Hall–Kier alpha value is -3.09. The molecule has 9 N–H and O–H groups in total. The van der Waals surface area contributed by atoms with Crippen LogP contribution < -0.4 is 5.32 Å². The molecule has 93 heavy (non-hydrogen) atoms. The van der Waals surface area contributed by atoms with Crippen LogP contribution in [0.2, 0.25) is 0 Å². The van der Waals surface area contributed by atoms with Crippen molar-refractivity contribution in [3.05, 3.63) is 97.2 Å². The molecule has 0 aromatic heterocycles. The SMILES string of the molecule is CC/C=C\C/C=C\C/C=C\C/C=C\C/C=C\C/C=C\CCCCCCCCCCCCCCCCCCC(=O)NC(COC1OC(CO)C(OC2OC(CO)C(O)C(O)C2O)C(O)C1O)C(O)/C=C/CC/C=C/CCCCCCCCCCCCCCCCCCCC. The molecule has 0 aromatic rings. The van der Waals surface area contributed by atoms with Crippen LogP contribution in [0.3, 0.4) is 0 Å². The van der Waals surface area contributed by atoms with E-state index in [1.807, 2.05) is 6.08 Å². The normalized spacial score (nSPS) is 23.1. The fourth-order valence-electron chi connectivity index (χ4n) is 12.0. The van der Waals surface area contributed by atoms with Gasteiger partial charge in [-0.05, 0) is 83.5 Å². The Bertz CT molecular complexity index is 1930. The van der Waals surface area contributed by atoms with Gasteiger partial charge >= 0.3 is 0 Å². The molecule has 2 rings (SSSR count). The first-order valence-corrected chi connectivity index (χ1v) is 38.0. The van der Waals surface area contributed by atoms with Gasteiger partial charge in [-0.2, -0.15) is 0 Å². The Kier molecular flexibility index (Phi) is 57.7. The summed E-state index contributed by atoms with van der Waals surface area (Å²) < 4.78 is 22.9. The lowest BCUT2D eigenvalue weighted by Gasteiger charge is -2.46. The van der Waals surface area contributed by atoms with Crippen molar-refractivity contribution in [2.24, 2.45) is 0 Å². The van der Waals surface area contributed by atoms with Crippen LogP contribution in [0.5, 0.6) is 0 Å². The Morgan fingerprint density at radius 1 is 0.398 bits per heavy atom. The van der Waals surface area contributed by atoms with Crippen LogP contribution in [-0.2, 0) is 23.7 Å². The Morgan fingerprint density at radius 3 is 1.18 bits per heavy atom. The first-order valence-electron chi connectivity index (χ1n) is 38.0. The summed E-state index contributed by atoms with van der Waals surface area (Å²) in [6, 6.07) is -0.937. The number of aliphatic hydroxyl groups excluding tert-OH is 8. The highest BCUT2D eigenvalue weighted by Crippen LogP contribution is 2.30. The monoisotopic (exact) mass is 1310 g/mol. The van der Waals surface area contributed by atoms with E-state index in [1.54, 1.807) is 6.08 Å². The van der Waals surface area contributed by atoms with E-state index in [1.165, 1.54) is 199 Å². The average molecular weight is 1310 g/mol. The van der Waals surface area contributed by atoms with Crippen LogP contribution in [0.1, 0.15) is 303 Å². The van der Waals surface area contributed by atoms with E-state index in [2.05, 4.69) is 104 Å². The van der Waals surface area contributed by atoms with Crippen LogP contribution in [0.25, 0.3) is 0 Å². The van der Waals surface area contributed by atoms with Gasteiger partial charge in [0.1, 0.15) is 48.8 Å². The minimum absolute atomic E-state index is 0.248. The molecule has 2 heterocycles. The number of carbonyl (C=O) groups is 1. The van der Waals surface area contributed by atoms with Gasteiger partial charge < -0.3 is 65.1 Å². The van der Waals surface area contributed by atoms with Crippen molar-refractivity contribution in [3.63, 3.8) is 0 Å². The maximum absolute atomic E-state index is 13.4. The fourth-order valence-corrected chi connectivity index (χ4v) is 12.0. The van der Waals surface area contributed by atoms with Gasteiger partial charge in [-0.3, -0.25) is 4.79 Å². The summed E-state index contributed by atoms with van der Waals surface area (Å²) in [5.74, 6) is -0.248. The number of rotatable bonds is 62. The van der Waals surface area contributed by atoms with Gasteiger partial charge in [0.05, 0.1) is 32.0 Å². The van der Waals surface area contributed by atoms with Crippen LogP contribution >= 0.6 is 0 Å². The second-order valence-electron chi connectivity index (χ2n) is 26.4. The molecule has 0 spiro atoms. The van der Waals surface area contributed by atoms with Gasteiger partial charge in [0, 0.05) is 6.42 Å². The molecule has 12 unspecified atom stereocenters. The quantitative estimate of drug-likeness (QED) is 0.0204. The number of unbranched alkanes of at least 4 members (excludes halogenated alkanes) is 35. The third-order valence-electron chi connectivity index (χ3n) is 18.0. The zero-order chi connectivity index (χ0) is 67.3. The van der Waals surface area contributed by atoms with Crippen molar-refractivity contribution in [2.45, 2.75) is 376 Å². The maximum Gasteiger partial charge on any atom is 0.220 e. The van der Waals surface area contributed by atoms with Gasteiger partial charge in [-0.15, -0.1) is 0 Å². The summed E-state index contributed by atoms with van der Waals surface area (Å²) in [5, 5.41) is 87.6. The Labute approximate surface area is 566 Å². The number of hydrogen-bond acceptors (Lipinski definition) is 13. The van der Waals surface area contributed by atoms with E-state index < -0.39 is 86.8 Å². The average Bonchev–Trinajstić information content (AvgIpc) is 0.854. The largest absolute Gasteiger partial charge is 0.394 e. The highest BCUT2D eigenvalue weighted by atomic mass is 16.7. The van der Waals surface area contributed by atoms with Crippen molar-refractivity contribution in [1.82, 2.24) is 5.32 Å². The molecule has 0 radical (unpaired) electrons. The summed E-state index contributed by atoms with van der Waals surface area (Å²) in [6.45, 7) is 2.70. The van der Waals surface area contributed by atoms with E-state index in [0.29, 0.717) is 12.8 Å². The van der Waals surface area contributed by atoms with Gasteiger partial charge in [0.25, 0.3) is 0 Å². The van der Waals surface area contributed by atoms with Crippen molar-refractivity contribution < 1.29 is 64.6 Å². The van der Waals surface area contributed by atoms with Gasteiger partial charge in [0.2, 0.25) is 5.91 Å². The molecule has 0 aliphatic carbocycles. The number of allylic oxidation sites excluding steroid dienone is 15. The first-order chi connectivity index (χ1) is 45.6. The van der Waals surface area contributed by atoms with Crippen molar-refractivity contribution in [1.29, 1.82) is 0 Å². The maximum atomic E-state index is 13.4. The molecule has 2 aliphatic rings. The third kappa shape index (κ3) is 45.9. The minimum Gasteiger partial charge on any atom is -0.394 e. The number of amides is 1. The highest BCUT2D eigenvalue weighted by Gasteiger charge is 2.51. The van der Waals surface area contributed by atoms with E-state index in [-0.39, 0.29) is 18.9 Å². The van der Waals surface area contributed by atoms with Crippen molar-refractivity contribution in [3.8, 4) is 0 Å². The van der Waals surface area contributed by atoms with Crippen LogP contribution in [0, 0.1) is 0 Å². The molecule has 0 saturated carbocycles. The number of carbonyl (C=O) groups excluding carboxylic acids is 1. The lowest BCUT2D eigenvalue weighted by Crippen LogP contribution is -2.65. The third-order valence-corrected chi connectivity index (χ3v) is 18.0. The molecular weight excluding hydrogens is 1170 g/mol. The summed E-state index contributed by atoms with van der Waals surface area (Å²) in [5.41, 5.74) is 0. The summed E-state index contributed by atoms with van der Waals surface area (Å²) in [7, 11) is 0. The molecule has 2 saturated heterocycles. The Morgan fingerprint density at radius 2 is 0.753 bits per heavy atom. The van der Waals surface area contributed by atoms with Crippen LogP contribution in [0.15, 0.2) is 97.2 Å². The topological polar surface area (TPSA) is 228 Å². The van der Waals surface area contributed by atoms with E-state index in [9.17, 15) is 45.6 Å². The standard InChI is InChI=1S/C79H139NO13/c1-3-5-7-9-11-13-15-17-19-21-23-25-27-29-30-31-32-33-34-35-36-37-38-39-41-43-45-47-49-51-53-55-57-59-61-63-71(84)80-67(66-90-78-76(89)74(87)77(70(65-82)92-78)93-79-75(88)73(86)72(85)69(64-81)91-79)68(83)62-60-58-56-54-52-50-48-46-44-42-40-28-26-24-22-20-18-16-14-12-10-8-6-4-2/h5,7,11,13,17,19,23,25,29-30,32-33,52,54,60,62,67-70,72-79,81-83,85-89H,3-4,6,8-10,12,14-16,18,20-22,24,26-28,31,34-51,53,55-59,61,63-66H2,1-2H3,(H,80,84)/b7-5-,13-11-,19-17-,25-23-,30-29-,33-32-,54-52+,62-60+. The number of nitrogens with one attached hydrogen (secondary N) is 1. The number of ether oxygens (including phenoxy) is 4. The van der Waals surface area contributed by atoms with E-state index >= 15 is 0 Å². The summed E-state index contributed by atoms with van der Waals surface area (Å²) in [4.78, 5) is 13.4. The Balaban J connectivity index is 1.64. The smallest absolute Gasteiger partial charge is 0.220 e. The van der Waals surface area contributed by atoms with E-state index in [4.69, 9.17) is 18.9 Å². The van der Waals surface area contributed by atoms with Crippen LogP contribution in [0.4, 0.5) is 0 Å². The lowest BCUT2D eigenvalue weighted by atomic mass is 9.97. The zero-order valence-electron chi connectivity index (χ0n) is 58.7. The fraction of sp³-hybridized carbons (Fsp3) is 0.785. The van der Waals surface area contributed by atoms with E-state index in [0.717, 1.165) is 70.6 Å². The molecule has 1 amide bonds. The molecule has 14 nitrogen and oxygen atoms in total. The lowest BCUT2D eigenvalue weighted by molar-refractivity contribution is -0.359. The minimum atomic E-state index is -1.79. The summed E-state index contributed by atoms with van der Waals surface area (Å²) in [6.07, 6.45) is 71.9. The van der Waals surface area contributed by atoms with Crippen LogP contribution in [-0.4, -0.2) is 140 Å². The predicted octanol–water partition coefficient (Wildman–Crippen LogP) is 16.5. The van der Waals surface area contributed by atoms with Crippen molar-refractivity contribution >= 4 is 5.91 Å². The second-order valence-corrected chi connectivity index (χ2v) is 26.4. The molecular formula is C79H139NO13. The number of hydrogen-bond donors (Lipinski definition) is 9. The van der Waals surface area contributed by atoms with Gasteiger partial charge in [-0.25, -0.2) is 0 Å². The molecule has 2 fully saturated rings. The molecule has 0 bridgehead atoms. The van der Waals surface area contributed by atoms with Crippen molar-refractivity contribution in [2.75, 3.05) is 19.8 Å². The zero-order valence-corrected chi connectivity index (χ0v) is 58.7. The second kappa shape index (κ2) is 62.4. The molecule has 14 heteroatoms. The summed E-state index contributed by atoms with van der Waals surface area (Å²) >= 11 is 0. The molecule has 2 aliphatic heterocycles.